The van der Waals surface area contributed by atoms with E-state index in [1.165, 1.54) is 0 Å². The molecule has 0 fully saturated rings. The van der Waals surface area contributed by atoms with E-state index in [0.29, 0.717) is 5.69 Å². The lowest BCUT2D eigenvalue weighted by Gasteiger charge is -2.14. The molecule has 2 rings (SSSR count). The second kappa shape index (κ2) is 5.61. The minimum atomic E-state index is -0.173. The second-order valence-corrected chi connectivity index (χ2v) is 4.62. The van der Waals surface area contributed by atoms with Crippen LogP contribution in [0.5, 0.6) is 0 Å². The number of nitrogens with zero attached hydrogens (tertiary/aromatic N) is 2. The van der Waals surface area contributed by atoms with Gasteiger partial charge in [-0.25, -0.2) is 0 Å². The van der Waals surface area contributed by atoms with Crippen LogP contribution in [0.1, 0.15) is 40.3 Å². The van der Waals surface area contributed by atoms with Gasteiger partial charge in [-0.2, -0.15) is 0 Å². The number of rotatable bonds is 3. The molecule has 0 radical (unpaired) electrons. The van der Waals surface area contributed by atoms with Crippen LogP contribution in [-0.4, -0.2) is 15.9 Å². The average Bonchev–Trinajstić information content (AvgIpc) is 2.39. The van der Waals surface area contributed by atoms with Gasteiger partial charge in [0.25, 0.3) is 5.91 Å². The molecule has 0 spiro atoms. The molecule has 4 nitrogen and oxygen atoms in total. The number of pyridine rings is 2. The van der Waals surface area contributed by atoms with Gasteiger partial charge in [-0.1, -0.05) is 12.1 Å². The Bertz CT molecular complexity index is 578. The van der Waals surface area contributed by atoms with Gasteiger partial charge in [-0.3, -0.25) is 14.8 Å². The first-order valence-corrected chi connectivity index (χ1v) is 6.23. The van der Waals surface area contributed by atoms with E-state index >= 15 is 0 Å². The van der Waals surface area contributed by atoms with Gasteiger partial charge >= 0.3 is 0 Å². The minimum absolute atomic E-state index is 0.144. The second-order valence-electron chi connectivity index (χ2n) is 4.62. The van der Waals surface area contributed by atoms with Crippen molar-refractivity contribution in [3.8, 4) is 0 Å². The zero-order chi connectivity index (χ0) is 13.8. The van der Waals surface area contributed by atoms with E-state index in [0.717, 1.165) is 16.8 Å². The molecule has 0 aromatic carbocycles. The van der Waals surface area contributed by atoms with Crippen LogP contribution in [-0.2, 0) is 0 Å². The third kappa shape index (κ3) is 3.16. The summed E-state index contributed by atoms with van der Waals surface area (Å²) in [5.41, 5.74) is 3.26. The van der Waals surface area contributed by atoms with Crippen LogP contribution >= 0.6 is 0 Å². The lowest BCUT2D eigenvalue weighted by molar-refractivity contribution is 0.0933. The van der Waals surface area contributed by atoms with Crippen LogP contribution in [0.2, 0.25) is 0 Å². The van der Waals surface area contributed by atoms with E-state index in [4.69, 9.17) is 0 Å². The first-order chi connectivity index (χ1) is 9.08. The van der Waals surface area contributed by atoms with Crippen LogP contribution < -0.4 is 5.32 Å². The van der Waals surface area contributed by atoms with Crippen molar-refractivity contribution >= 4 is 5.91 Å². The Morgan fingerprint density at radius 2 is 2.00 bits per heavy atom. The van der Waals surface area contributed by atoms with Crippen molar-refractivity contribution in [2.45, 2.75) is 26.8 Å². The molecule has 98 valence electrons. The Labute approximate surface area is 112 Å². The first-order valence-electron chi connectivity index (χ1n) is 6.23. The Hall–Kier alpha value is -2.23. The zero-order valence-corrected chi connectivity index (χ0v) is 11.3. The SMILES string of the molecule is Cc1ccc([C@@H](C)NC(=O)c2ncccc2C)nc1. The molecule has 1 amide bonds. The number of aromatic nitrogens is 2. The van der Waals surface area contributed by atoms with Gasteiger partial charge in [-0.05, 0) is 44.0 Å². The normalized spacial score (nSPS) is 11.9. The highest BCUT2D eigenvalue weighted by molar-refractivity contribution is 5.93. The van der Waals surface area contributed by atoms with Crippen LogP contribution in [0.15, 0.2) is 36.7 Å². The summed E-state index contributed by atoms with van der Waals surface area (Å²) in [6.45, 7) is 5.77. The minimum Gasteiger partial charge on any atom is -0.343 e. The lowest BCUT2D eigenvalue weighted by atomic mass is 10.1. The summed E-state index contributed by atoms with van der Waals surface area (Å²) >= 11 is 0. The Balaban J connectivity index is 2.11. The van der Waals surface area contributed by atoms with Gasteiger partial charge in [0, 0.05) is 12.4 Å². The number of amides is 1. The number of hydrogen-bond donors (Lipinski definition) is 1. The largest absolute Gasteiger partial charge is 0.343 e. The maximum atomic E-state index is 12.1. The molecule has 1 atom stereocenters. The summed E-state index contributed by atoms with van der Waals surface area (Å²) in [6.07, 6.45) is 3.42. The third-order valence-corrected chi connectivity index (χ3v) is 2.95. The Kier molecular flexibility index (Phi) is 3.90. The van der Waals surface area contributed by atoms with Gasteiger partial charge in [0.05, 0.1) is 11.7 Å². The number of hydrogen-bond acceptors (Lipinski definition) is 3. The molecule has 1 N–H and O–H groups in total. The number of carbonyl (C=O) groups is 1. The summed E-state index contributed by atoms with van der Waals surface area (Å²) < 4.78 is 0. The van der Waals surface area contributed by atoms with E-state index in [1.54, 1.807) is 12.4 Å². The van der Waals surface area contributed by atoms with Crippen molar-refractivity contribution in [1.29, 1.82) is 0 Å². The van der Waals surface area contributed by atoms with E-state index < -0.39 is 0 Å². The van der Waals surface area contributed by atoms with E-state index in [-0.39, 0.29) is 11.9 Å². The first kappa shape index (κ1) is 13.2. The smallest absolute Gasteiger partial charge is 0.270 e. The van der Waals surface area contributed by atoms with Crippen molar-refractivity contribution in [3.63, 3.8) is 0 Å². The molecule has 4 heteroatoms. The topological polar surface area (TPSA) is 54.9 Å². The fourth-order valence-electron chi connectivity index (χ4n) is 1.80. The maximum Gasteiger partial charge on any atom is 0.270 e. The standard InChI is InChI=1S/C15H17N3O/c1-10-6-7-13(17-9-10)12(3)18-15(19)14-11(2)5-4-8-16-14/h4-9,12H,1-3H3,(H,18,19)/t12-/m1/s1. The Morgan fingerprint density at radius 1 is 1.21 bits per heavy atom. The van der Waals surface area contributed by atoms with Gasteiger partial charge < -0.3 is 5.32 Å². The van der Waals surface area contributed by atoms with Crippen LogP contribution in [0.3, 0.4) is 0 Å². The van der Waals surface area contributed by atoms with Crippen molar-refractivity contribution in [2.24, 2.45) is 0 Å². The molecular formula is C15H17N3O. The number of aryl methyl sites for hydroxylation is 2. The van der Waals surface area contributed by atoms with Crippen LogP contribution in [0.4, 0.5) is 0 Å². The predicted molar refractivity (Wildman–Crippen MR) is 73.8 cm³/mol. The molecule has 0 aliphatic carbocycles. The van der Waals surface area contributed by atoms with E-state index in [9.17, 15) is 4.79 Å². The number of nitrogens with one attached hydrogen (secondary N) is 1. The van der Waals surface area contributed by atoms with Crippen LogP contribution in [0, 0.1) is 13.8 Å². The Morgan fingerprint density at radius 3 is 2.63 bits per heavy atom. The highest BCUT2D eigenvalue weighted by Gasteiger charge is 2.14. The van der Waals surface area contributed by atoms with Gasteiger partial charge in [0.15, 0.2) is 0 Å². The molecule has 0 saturated heterocycles. The summed E-state index contributed by atoms with van der Waals surface area (Å²) in [5, 5.41) is 2.91. The average molecular weight is 255 g/mol. The highest BCUT2D eigenvalue weighted by Crippen LogP contribution is 2.11. The molecule has 2 aromatic rings. The molecule has 0 unspecified atom stereocenters. The molecular weight excluding hydrogens is 238 g/mol. The van der Waals surface area contributed by atoms with Crippen molar-refractivity contribution in [2.75, 3.05) is 0 Å². The third-order valence-electron chi connectivity index (χ3n) is 2.95. The maximum absolute atomic E-state index is 12.1. The van der Waals surface area contributed by atoms with Gasteiger partial charge in [0.2, 0.25) is 0 Å². The molecule has 2 aromatic heterocycles. The molecule has 19 heavy (non-hydrogen) atoms. The van der Waals surface area contributed by atoms with Crippen LogP contribution in [0.25, 0.3) is 0 Å². The monoisotopic (exact) mass is 255 g/mol. The lowest BCUT2D eigenvalue weighted by Crippen LogP contribution is -2.28. The summed E-state index contributed by atoms with van der Waals surface area (Å²) in [6, 6.07) is 7.45. The van der Waals surface area contributed by atoms with E-state index in [2.05, 4.69) is 15.3 Å². The summed E-state index contributed by atoms with van der Waals surface area (Å²) in [4.78, 5) is 20.5. The fraction of sp³-hybridized carbons (Fsp3) is 0.267. The summed E-state index contributed by atoms with van der Waals surface area (Å²) in [5.74, 6) is -0.173. The molecule has 2 heterocycles. The molecule has 0 bridgehead atoms. The highest BCUT2D eigenvalue weighted by atomic mass is 16.1. The van der Waals surface area contributed by atoms with E-state index in [1.807, 2.05) is 45.0 Å². The number of carbonyl (C=O) groups excluding carboxylic acids is 1. The van der Waals surface area contributed by atoms with Crippen molar-refractivity contribution < 1.29 is 4.79 Å². The fourth-order valence-corrected chi connectivity index (χ4v) is 1.80. The van der Waals surface area contributed by atoms with Crippen molar-refractivity contribution in [1.82, 2.24) is 15.3 Å². The molecule has 0 aliphatic rings. The van der Waals surface area contributed by atoms with Gasteiger partial charge in [0.1, 0.15) is 5.69 Å². The predicted octanol–water partition coefficient (Wildman–Crippen LogP) is 2.58. The molecule has 0 saturated carbocycles. The van der Waals surface area contributed by atoms with Crippen molar-refractivity contribution in [3.05, 3.63) is 59.2 Å². The quantitative estimate of drug-likeness (QED) is 0.917. The van der Waals surface area contributed by atoms with Gasteiger partial charge in [-0.15, -0.1) is 0 Å². The summed E-state index contributed by atoms with van der Waals surface area (Å²) in [7, 11) is 0. The molecule has 0 aliphatic heterocycles. The zero-order valence-electron chi connectivity index (χ0n) is 11.3.